The van der Waals surface area contributed by atoms with Crippen molar-refractivity contribution in [3.05, 3.63) is 29.3 Å². The minimum absolute atomic E-state index is 0.0512. The number of ether oxygens (including phenoxy) is 2. The molecule has 0 radical (unpaired) electrons. The van der Waals surface area contributed by atoms with E-state index in [4.69, 9.17) is 15.3 Å². The molecule has 5 heteroatoms. The maximum Gasteiger partial charge on any atom is 0.259 e. The largest absolute Gasteiger partial charge is 0.496 e. The summed E-state index contributed by atoms with van der Waals surface area (Å²) >= 11 is 0. The average molecular weight is 266 g/mol. The average Bonchev–Trinajstić information content (AvgIpc) is 2.37. The monoisotopic (exact) mass is 266 g/mol. The maximum absolute atomic E-state index is 11.0. The first kappa shape index (κ1) is 15.5. The fraction of sp³-hybridized carbons (Fsp3) is 0.500. The van der Waals surface area contributed by atoms with Crippen molar-refractivity contribution < 1.29 is 14.3 Å². The van der Waals surface area contributed by atoms with E-state index in [1.54, 1.807) is 7.11 Å². The highest BCUT2D eigenvalue weighted by Gasteiger charge is 2.16. The van der Waals surface area contributed by atoms with Gasteiger partial charge in [-0.25, -0.2) is 5.84 Å². The van der Waals surface area contributed by atoms with Gasteiger partial charge in [-0.1, -0.05) is 26.8 Å². The van der Waals surface area contributed by atoms with E-state index in [9.17, 15) is 4.79 Å². The van der Waals surface area contributed by atoms with E-state index in [0.29, 0.717) is 6.61 Å². The van der Waals surface area contributed by atoms with Gasteiger partial charge in [0, 0.05) is 5.56 Å². The molecule has 0 fully saturated rings. The Kier molecular flexibility index (Phi) is 5.32. The van der Waals surface area contributed by atoms with Crippen LogP contribution in [0, 0.1) is 0 Å². The molecule has 0 bridgehead atoms. The van der Waals surface area contributed by atoms with Crippen molar-refractivity contribution in [3.63, 3.8) is 0 Å². The maximum atomic E-state index is 11.0. The van der Waals surface area contributed by atoms with Crippen LogP contribution >= 0.6 is 0 Å². The number of carbonyl (C=O) groups excluding carboxylic acids is 1. The van der Waals surface area contributed by atoms with Gasteiger partial charge in [-0.2, -0.15) is 0 Å². The van der Waals surface area contributed by atoms with Crippen molar-refractivity contribution in [2.75, 3.05) is 13.7 Å². The Morgan fingerprint density at radius 3 is 2.58 bits per heavy atom. The number of hydrazine groups is 1. The quantitative estimate of drug-likeness (QED) is 0.481. The molecule has 0 saturated carbocycles. The lowest BCUT2D eigenvalue weighted by Crippen LogP contribution is -2.33. The number of nitrogens with two attached hydrogens (primary N) is 1. The zero-order valence-corrected chi connectivity index (χ0v) is 11.9. The van der Waals surface area contributed by atoms with Crippen LogP contribution in [0.25, 0.3) is 0 Å². The Bertz CT molecular complexity index is 439. The molecule has 1 rings (SSSR count). The molecular weight excluding hydrogens is 244 g/mol. The summed E-state index contributed by atoms with van der Waals surface area (Å²) in [5, 5.41) is 0. The minimum Gasteiger partial charge on any atom is -0.496 e. The highest BCUT2D eigenvalue weighted by atomic mass is 16.5. The number of hydrogen-bond acceptors (Lipinski definition) is 4. The van der Waals surface area contributed by atoms with E-state index in [0.717, 1.165) is 11.3 Å². The number of amides is 1. The van der Waals surface area contributed by atoms with Gasteiger partial charge in [-0.3, -0.25) is 10.2 Å². The Balaban J connectivity index is 2.82. The van der Waals surface area contributed by atoms with Gasteiger partial charge in [0.05, 0.1) is 13.7 Å². The highest BCUT2D eigenvalue weighted by Crippen LogP contribution is 2.28. The van der Waals surface area contributed by atoms with Crippen LogP contribution in [0.4, 0.5) is 0 Å². The zero-order chi connectivity index (χ0) is 14.5. The normalized spacial score (nSPS) is 11.2. The van der Waals surface area contributed by atoms with Gasteiger partial charge in [0.25, 0.3) is 5.91 Å². The first-order valence-corrected chi connectivity index (χ1v) is 6.13. The van der Waals surface area contributed by atoms with Crippen molar-refractivity contribution in [1.82, 2.24) is 5.43 Å². The van der Waals surface area contributed by atoms with Gasteiger partial charge in [0.1, 0.15) is 12.4 Å². The number of benzene rings is 1. The fourth-order valence-corrected chi connectivity index (χ4v) is 1.65. The smallest absolute Gasteiger partial charge is 0.259 e. The van der Waals surface area contributed by atoms with Gasteiger partial charge >= 0.3 is 0 Å². The second kappa shape index (κ2) is 6.54. The van der Waals surface area contributed by atoms with Crippen LogP contribution in [0.15, 0.2) is 18.2 Å². The molecule has 19 heavy (non-hydrogen) atoms. The van der Waals surface area contributed by atoms with Crippen molar-refractivity contribution in [1.29, 1.82) is 0 Å². The summed E-state index contributed by atoms with van der Waals surface area (Å²) < 4.78 is 10.6. The predicted octanol–water partition coefficient (Wildman–Crippen LogP) is 1.50. The second-order valence-electron chi connectivity index (χ2n) is 5.34. The van der Waals surface area contributed by atoms with E-state index in [2.05, 4.69) is 20.8 Å². The van der Waals surface area contributed by atoms with Gasteiger partial charge < -0.3 is 9.47 Å². The Hall–Kier alpha value is -1.59. The summed E-state index contributed by atoms with van der Waals surface area (Å²) in [4.78, 5) is 11.0. The molecular formula is C14H22N2O3. The molecule has 5 nitrogen and oxygen atoms in total. The number of nitrogens with one attached hydrogen (secondary N) is 1. The molecule has 0 aromatic heterocycles. The summed E-state index contributed by atoms with van der Waals surface area (Å²) in [7, 11) is 1.61. The lowest BCUT2D eigenvalue weighted by molar-refractivity contribution is -0.126. The first-order chi connectivity index (χ1) is 8.88. The number of carbonyl (C=O) groups is 1. The number of rotatable bonds is 5. The predicted molar refractivity (Wildman–Crippen MR) is 73.7 cm³/mol. The highest BCUT2D eigenvalue weighted by molar-refractivity contribution is 5.76. The van der Waals surface area contributed by atoms with E-state index >= 15 is 0 Å². The summed E-state index contributed by atoms with van der Waals surface area (Å²) in [6.45, 7) is 6.66. The standard InChI is InChI=1S/C14H22N2O3/c1-14(2,3)11-5-6-12(18-4)10(7-11)8-19-9-13(17)16-15/h5-7H,8-9,15H2,1-4H3,(H,16,17). The third kappa shape index (κ3) is 4.54. The topological polar surface area (TPSA) is 73.6 Å². The SMILES string of the molecule is COc1ccc(C(C)(C)C)cc1COCC(=O)NN. The van der Waals surface area contributed by atoms with Gasteiger partial charge in [-0.15, -0.1) is 0 Å². The second-order valence-corrected chi connectivity index (χ2v) is 5.34. The molecule has 0 atom stereocenters. The molecule has 0 aliphatic heterocycles. The van der Waals surface area contributed by atoms with Crippen LogP contribution in [0.2, 0.25) is 0 Å². The summed E-state index contributed by atoms with van der Waals surface area (Å²) in [5.74, 6) is 5.38. The summed E-state index contributed by atoms with van der Waals surface area (Å²) in [6.07, 6.45) is 0. The lowest BCUT2D eigenvalue weighted by atomic mass is 9.86. The molecule has 0 heterocycles. The van der Waals surface area contributed by atoms with Crippen molar-refractivity contribution in [2.45, 2.75) is 32.8 Å². The molecule has 0 spiro atoms. The van der Waals surface area contributed by atoms with Crippen molar-refractivity contribution >= 4 is 5.91 Å². The zero-order valence-electron chi connectivity index (χ0n) is 11.9. The van der Waals surface area contributed by atoms with E-state index in [1.165, 1.54) is 5.56 Å². The Morgan fingerprint density at radius 1 is 1.37 bits per heavy atom. The van der Waals surface area contributed by atoms with Crippen molar-refractivity contribution in [3.8, 4) is 5.75 Å². The molecule has 0 unspecified atom stereocenters. The molecule has 3 N–H and O–H groups in total. The van der Waals surface area contributed by atoms with Crippen LogP contribution in [0.1, 0.15) is 31.9 Å². The van der Waals surface area contributed by atoms with Crippen LogP contribution in [0.5, 0.6) is 5.75 Å². The fourth-order valence-electron chi connectivity index (χ4n) is 1.65. The van der Waals surface area contributed by atoms with E-state index in [-0.39, 0.29) is 17.9 Å². The van der Waals surface area contributed by atoms with Crippen LogP contribution in [-0.2, 0) is 21.6 Å². The van der Waals surface area contributed by atoms with E-state index in [1.807, 2.05) is 23.6 Å². The number of hydrogen-bond donors (Lipinski definition) is 2. The van der Waals surface area contributed by atoms with Gasteiger partial charge in [0.2, 0.25) is 0 Å². The Labute approximate surface area is 114 Å². The van der Waals surface area contributed by atoms with Crippen molar-refractivity contribution in [2.24, 2.45) is 5.84 Å². The molecule has 1 aromatic rings. The third-order valence-corrected chi connectivity index (χ3v) is 2.80. The van der Waals surface area contributed by atoms with Gasteiger partial charge in [-0.05, 0) is 23.1 Å². The molecule has 0 saturated heterocycles. The molecule has 1 amide bonds. The minimum atomic E-state index is -0.356. The summed E-state index contributed by atoms with van der Waals surface area (Å²) in [5.41, 5.74) is 4.18. The van der Waals surface area contributed by atoms with Gasteiger partial charge in [0.15, 0.2) is 0 Å². The number of methoxy groups -OCH3 is 1. The van der Waals surface area contributed by atoms with Crippen LogP contribution in [0.3, 0.4) is 0 Å². The molecule has 0 aliphatic carbocycles. The van der Waals surface area contributed by atoms with E-state index < -0.39 is 0 Å². The Morgan fingerprint density at radius 2 is 2.05 bits per heavy atom. The van der Waals surface area contributed by atoms with Crippen LogP contribution < -0.4 is 16.0 Å². The lowest BCUT2D eigenvalue weighted by Gasteiger charge is -2.21. The molecule has 106 valence electrons. The van der Waals surface area contributed by atoms with Crippen LogP contribution in [-0.4, -0.2) is 19.6 Å². The molecule has 0 aliphatic rings. The summed E-state index contributed by atoms with van der Waals surface area (Å²) in [6, 6.07) is 6.00. The first-order valence-electron chi connectivity index (χ1n) is 6.13. The molecule has 1 aromatic carbocycles. The third-order valence-electron chi connectivity index (χ3n) is 2.80.